The van der Waals surface area contributed by atoms with E-state index in [9.17, 15) is 4.79 Å². The lowest BCUT2D eigenvalue weighted by molar-refractivity contribution is -0.140. The van der Waals surface area contributed by atoms with Gasteiger partial charge in [-0.3, -0.25) is 4.79 Å². The van der Waals surface area contributed by atoms with Crippen molar-refractivity contribution in [1.29, 1.82) is 0 Å². The number of rotatable bonds is 9. The molecule has 0 aromatic heterocycles. The first-order valence-corrected chi connectivity index (χ1v) is 8.31. The van der Waals surface area contributed by atoms with E-state index in [1.807, 2.05) is 18.7 Å². The Morgan fingerprint density at radius 3 is 2.24 bits per heavy atom. The first-order chi connectivity index (χ1) is 10.1. The molecule has 3 atom stereocenters. The van der Waals surface area contributed by atoms with Gasteiger partial charge in [-0.05, 0) is 32.6 Å². The molecule has 0 aromatic carbocycles. The van der Waals surface area contributed by atoms with Gasteiger partial charge >= 0.3 is 0 Å². The van der Waals surface area contributed by atoms with E-state index in [-0.39, 0.29) is 23.8 Å². The Balaban J connectivity index is 2.58. The van der Waals surface area contributed by atoms with Gasteiger partial charge in [0.1, 0.15) is 0 Å². The maximum absolute atomic E-state index is 12.8. The van der Waals surface area contributed by atoms with E-state index in [0.29, 0.717) is 39.5 Å². The zero-order chi connectivity index (χ0) is 15.7. The molecule has 1 aliphatic carbocycles. The summed E-state index contributed by atoms with van der Waals surface area (Å²) in [5.74, 6) is 0.530. The summed E-state index contributed by atoms with van der Waals surface area (Å²) >= 11 is 0. The minimum atomic E-state index is 0.0528. The Kier molecular flexibility index (Phi) is 8.88. The normalized spacial score (nSPS) is 25.8. The summed E-state index contributed by atoms with van der Waals surface area (Å²) in [6.45, 7) is 9.84. The number of nitrogens with two attached hydrogens (primary N) is 1. The summed E-state index contributed by atoms with van der Waals surface area (Å²) in [5.41, 5.74) is 6.13. The van der Waals surface area contributed by atoms with Crippen molar-refractivity contribution >= 4 is 5.91 Å². The maximum atomic E-state index is 12.8. The van der Waals surface area contributed by atoms with E-state index < -0.39 is 0 Å². The minimum Gasteiger partial charge on any atom is -0.380 e. The fourth-order valence-electron chi connectivity index (χ4n) is 2.95. The maximum Gasteiger partial charge on any atom is 0.226 e. The molecule has 1 aliphatic rings. The highest BCUT2D eigenvalue weighted by Gasteiger charge is 2.34. The summed E-state index contributed by atoms with van der Waals surface area (Å²) < 4.78 is 10.8. The highest BCUT2D eigenvalue weighted by Crippen LogP contribution is 2.30. The summed E-state index contributed by atoms with van der Waals surface area (Å²) in [4.78, 5) is 14.7. The lowest BCUT2D eigenvalue weighted by Gasteiger charge is -2.36. The predicted molar refractivity (Wildman–Crippen MR) is 84.0 cm³/mol. The molecule has 0 bridgehead atoms. The Morgan fingerprint density at radius 1 is 1.14 bits per heavy atom. The fraction of sp³-hybridized carbons (Fsp3) is 0.938. The fourth-order valence-corrected chi connectivity index (χ4v) is 2.95. The average Bonchev–Trinajstić information content (AvgIpc) is 2.48. The van der Waals surface area contributed by atoms with Crippen LogP contribution in [-0.2, 0) is 14.3 Å². The van der Waals surface area contributed by atoms with E-state index in [1.54, 1.807) is 0 Å². The monoisotopic (exact) mass is 300 g/mol. The van der Waals surface area contributed by atoms with Crippen molar-refractivity contribution in [2.75, 3.05) is 39.5 Å². The molecule has 0 aliphatic heterocycles. The van der Waals surface area contributed by atoms with Crippen LogP contribution in [0.4, 0.5) is 0 Å². The number of carbonyl (C=O) groups is 1. The number of hydrogen-bond acceptors (Lipinski definition) is 4. The lowest BCUT2D eigenvalue weighted by atomic mass is 9.76. The molecule has 1 rings (SSSR count). The molecule has 5 heteroatoms. The van der Waals surface area contributed by atoms with Gasteiger partial charge in [-0.2, -0.15) is 0 Å². The molecule has 124 valence electrons. The number of nitrogens with zero attached hydrogens (tertiary/aromatic N) is 1. The first kappa shape index (κ1) is 18.4. The molecule has 2 N–H and O–H groups in total. The summed E-state index contributed by atoms with van der Waals surface area (Å²) in [6.07, 6.45) is 3.03. The Bertz CT molecular complexity index is 289. The van der Waals surface area contributed by atoms with Gasteiger partial charge in [0.05, 0.1) is 13.2 Å². The molecule has 3 unspecified atom stereocenters. The largest absolute Gasteiger partial charge is 0.380 e. The molecule has 0 saturated heterocycles. The highest BCUT2D eigenvalue weighted by atomic mass is 16.5. The van der Waals surface area contributed by atoms with Crippen molar-refractivity contribution in [2.24, 2.45) is 17.6 Å². The van der Waals surface area contributed by atoms with Crippen molar-refractivity contribution in [1.82, 2.24) is 4.90 Å². The third kappa shape index (κ3) is 5.93. The Morgan fingerprint density at radius 2 is 1.71 bits per heavy atom. The molecule has 0 radical (unpaired) electrons. The second kappa shape index (κ2) is 10.1. The number of carbonyl (C=O) groups excluding carboxylic acids is 1. The van der Waals surface area contributed by atoms with Crippen LogP contribution in [0.5, 0.6) is 0 Å². The van der Waals surface area contributed by atoms with Crippen LogP contribution >= 0.6 is 0 Å². The number of hydrogen-bond donors (Lipinski definition) is 1. The van der Waals surface area contributed by atoms with Crippen molar-refractivity contribution < 1.29 is 14.3 Å². The molecular formula is C16H32N2O3. The van der Waals surface area contributed by atoms with Crippen LogP contribution in [0.2, 0.25) is 0 Å². The Labute approximate surface area is 129 Å². The van der Waals surface area contributed by atoms with Gasteiger partial charge in [0, 0.05) is 38.3 Å². The summed E-state index contributed by atoms with van der Waals surface area (Å²) in [6, 6.07) is 0.147. The van der Waals surface area contributed by atoms with Gasteiger partial charge in [0.25, 0.3) is 0 Å². The lowest BCUT2D eigenvalue weighted by Crippen LogP contribution is -2.47. The quantitative estimate of drug-likeness (QED) is 0.658. The zero-order valence-corrected chi connectivity index (χ0v) is 13.8. The number of ether oxygens (including phenoxy) is 2. The first-order valence-electron chi connectivity index (χ1n) is 8.31. The summed E-state index contributed by atoms with van der Waals surface area (Å²) in [5, 5.41) is 0. The van der Waals surface area contributed by atoms with Gasteiger partial charge in [-0.25, -0.2) is 0 Å². The third-order valence-corrected chi connectivity index (χ3v) is 4.41. The molecule has 1 fully saturated rings. The van der Waals surface area contributed by atoms with E-state index in [0.717, 1.165) is 19.3 Å². The van der Waals surface area contributed by atoms with E-state index >= 15 is 0 Å². The van der Waals surface area contributed by atoms with E-state index in [4.69, 9.17) is 15.2 Å². The Hall–Kier alpha value is -0.650. The van der Waals surface area contributed by atoms with Gasteiger partial charge in [-0.15, -0.1) is 0 Å². The van der Waals surface area contributed by atoms with Crippen molar-refractivity contribution in [2.45, 2.75) is 46.1 Å². The predicted octanol–water partition coefficient (Wildman–Crippen LogP) is 1.65. The standard InChI is InChI=1S/C16H32N2O3/c1-4-20-11-9-18(10-12-21-5-2)16(19)14-7-6-8-15(17)13(14)3/h13-15H,4-12,17H2,1-3H3. The van der Waals surface area contributed by atoms with E-state index in [1.165, 1.54) is 0 Å². The SMILES string of the molecule is CCOCCN(CCOCC)C(=O)C1CCCC(N)C1C. The zero-order valence-electron chi connectivity index (χ0n) is 13.8. The van der Waals surface area contributed by atoms with Crippen LogP contribution in [0, 0.1) is 11.8 Å². The minimum absolute atomic E-state index is 0.0528. The van der Waals surface area contributed by atoms with Crippen LogP contribution in [0.3, 0.4) is 0 Å². The van der Waals surface area contributed by atoms with Crippen molar-refractivity contribution in [3.05, 3.63) is 0 Å². The van der Waals surface area contributed by atoms with Crippen LogP contribution in [0.1, 0.15) is 40.0 Å². The molecule has 21 heavy (non-hydrogen) atoms. The van der Waals surface area contributed by atoms with Crippen molar-refractivity contribution in [3.8, 4) is 0 Å². The van der Waals surface area contributed by atoms with Crippen LogP contribution in [0.15, 0.2) is 0 Å². The van der Waals surface area contributed by atoms with Gasteiger partial charge in [0.2, 0.25) is 5.91 Å². The molecule has 1 amide bonds. The highest BCUT2D eigenvalue weighted by molar-refractivity contribution is 5.79. The van der Waals surface area contributed by atoms with Crippen LogP contribution in [0.25, 0.3) is 0 Å². The third-order valence-electron chi connectivity index (χ3n) is 4.41. The van der Waals surface area contributed by atoms with Crippen LogP contribution < -0.4 is 5.73 Å². The smallest absolute Gasteiger partial charge is 0.226 e. The summed E-state index contributed by atoms with van der Waals surface area (Å²) in [7, 11) is 0. The second-order valence-corrected chi connectivity index (χ2v) is 5.78. The molecule has 0 spiro atoms. The molecule has 0 heterocycles. The van der Waals surface area contributed by atoms with Crippen LogP contribution in [-0.4, -0.2) is 56.4 Å². The topological polar surface area (TPSA) is 64.8 Å². The number of amides is 1. The van der Waals surface area contributed by atoms with Crippen molar-refractivity contribution in [3.63, 3.8) is 0 Å². The molecule has 1 saturated carbocycles. The molecule has 0 aromatic rings. The van der Waals surface area contributed by atoms with Gasteiger partial charge in [-0.1, -0.05) is 13.3 Å². The molecule has 5 nitrogen and oxygen atoms in total. The van der Waals surface area contributed by atoms with E-state index in [2.05, 4.69) is 6.92 Å². The van der Waals surface area contributed by atoms with Gasteiger partial charge < -0.3 is 20.1 Å². The average molecular weight is 300 g/mol. The second-order valence-electron chi connectivity index (χ2n) is 5.78. The van der Waals surface area contributed by atoms with Gasteiger partial charge in [0.15, 0.2) is 0 Å². The molecular weight excluding hydrogens is 268 g/mol.